The van der Waals surface area contributed by atoms with Gasteiger partial charge in [-0.2, -0.15) is 0 Å². The first-order valence-corrected chi connectivity index (χ1v) is 4.79. The molecule has 1 unspecified atom stereocenters. The van der Waals surface area contributed by atoms with E-state index in [1.165, 1.54) is 19.3 Å². The van der Waals surface area contributed by atoms with Crippen LogP contribution in [0.25, 0.3) is 0 Å². The average Bonchev–Trinajstić information content (AvgIpc) is 1.94. The van der Waals surface area contributed by atoms with Gasteiger partial charge in [-0.1, -0.05) is 31.9 Å². The van der Waals surface area contributed by atoms with Crippen LogP contribution < -0.4 is 0 Å². The summed E-state index contributed by atoms with van der Waals surface area (Å²) in [6, 6.07) is 0. The van der Waals surface area contributed by atoms with Crippen molar-refractivity contribution < 1.29 is 0 Å². The predicted octanol–water partition coefficient (Wildman–Crippen LogP) is 3.78. The van der Waals surface area contributed by atoms with E-state index in [1.807, 2.05) is 0 Å². The van der Waals surface area contributed by atoms with E-state index >= 15 is 0 Å². The zero-order valence-electron chi connectivity index (χ0n) is 8.28. The third kappa shape index (κ3) is 2.08. The molecule has 0 aromatic heterocycles. The smallest absolute Gasteiger partial charge is 0.0257 e. The summed E-state index contributed by atoms with van der Waals surface area (Å²) in [5.74, 6) is 1.70. The highest BCUT2D eigenvalue weighted by Crippen LogP contribution is 2.32. The maximum absolute atomic E-state index is 2.37. The second-order valence-corrected chi connectivity index (χ2v) is 4.31. The molecule has 64 valence electrons. The van der Waals surface area contributed by atoms with E-state index in [9.17, 15) is 0 Å². The summed E-state index contributed by atoms with van der Waals surface area (Å²) in [6.07, 6.45) is 4.10. The Morgan fingerprint density at radius 2 is 2.00 bits per heavy atom. The van der Waals surface area contributed by atoms with Crippen molar-refractivity contribution in [3.05, 3.63) is 11.1 Å². The standard InChI is InChI=1S/C11H20/c1-8(2)11-7-9(3)5-6-10(11)4/h8-9H,5-7H2,1-4H3. The second-order valence-electron chi connectivity index (χ2n) is 4.31. The molecule has 0 fully saturated rings. The first kappa shape index (κ1) is 8.83. The van der Waals surface area contributed by atoms with Crippen LogP contribution in [0.5, 0.6) is 0 Å². The zero-order chi connectivity index (χ0) is 8.43. The maximum Gasteiger partial charge on any atom is -0.0257 e. The fraction of sp³-hybridized carbons (Fsp3) is 0.818. The van der Waals surface area contributed by atoms with Crippen LogP contribution in [0.3, 0.4) is 0 Å². The Morgan fingerprint density at radius 1 is 1.36 bits per heavy atom. The van der Waals surface area contributed by atoms with E-state index in [0.29, 0.717) is 0 Å². The largest absolute Gasteiger partial charge is 0.0738 e. The number of allylic oxidation sites excluding steroid dienone is 2. The highest BCUT2D eigenvalue weighted by atomic mass is 14.2. The van der Waals surface area contributed by atoms with Crippen LogP contribution in [0.1, 0.15) is 47.0 Å². The van der Waals surface area contributed by atoms with E-state index in [4.69, 9.17) is 0 Å². The van der Waals surface area contributed by atoms with E-state index in [0.717, 1.165) is 11.8 Å². The quantitative estimate of drug-likeness (QED) is 0.502. The van der Waals surface area contributed by atoms with E-state index in [-0.39, 0.29) is 0 Å². The van der Waals surface area contributed by atoms with Crippen LogP contribution in [-0.4, -0.2) is 0 Å². The fourth-order valence-corrected chi connectivity index (χ4v) is 2.00. The Hall–Kier alpha value is -0.260. The second kappa shape index (κ2) is 3.42. The molecule has 0 bridgehead atoms. The third-order valence-electron chi connectivity index (χ3n) is 2.83. The van der Waals surface area contributed by atoms with Crippen LogP contribution in [0.4, 0.5) is 0 Å². The van der Waals surface area contributed by atoms with Crippen molar-refractivity contribution in [1.82, 2.24) is 0 Å². The molecule has 0 aromatic carbocycles. The Labute approximate surface area is 70.7 Å². The van der Waals surface area contributed by atoms with Gasteiger partial charge in [-0.25, -0.2) is 0 Å². The van der Waals surface area contributed by atoms with Gasteiger partial charge in [0.1, 0.15) is 0 Å². The first-order valence-electron chi connectivity index (χ1n) is 4.79. The zero-order valence-corrected chi connectivity index (χ0v) is 8.28. The van der Waals surface area contributed by atoms with Crippen molar-refractivity contribution in [2.75, 3.05) is 0 Å². The number of hydrogen-bond acceptors (Lipinski definition) is 0. The van der Waals surface area contributed by atoms with E-state index in [2.05, 4.69) is 27.7 Å². The van der Waals surface area contributed by atoms with Crippen molar-refractivity contribution in [3.8, 4) is 0 Å². The van der Waals surface area contributed by atoms with Crippen molar-refractivity contribution >= 4 is 0 Å². The van der Waals surface area contributed by atoms with Gasteiger partial charge in [0.25, 0.3) is 0 Å². The molecule has 0 heterocycles. The number of rotatable bonds is 1. The van der Waals surface area contributed by atoms with Gasteiger partial charge >= 0.3 is 0 Å². The van der Waals surface area contributed by atoms with Gasteiger partial charge in [0, 0.05) is 0 Å². The maximum atomic E-state index is 2.37. The summed E-state index contributed by atoms with van der Waals surface area (Å²) >= 11 is 0. The average molecular weight is 152 g/mol. The van der Waals surface area contributed by atoms with Crippen molar-refractivity contribution in [2.24, 2.45) is 11.8 Å². The summed E-state index contributed by atoms with van der Waals surface area (Å²) in [7, 11) is 0. The van der Waals surface area contributed by atoms with Crippen molar-refractivity contribution in [2.45, 2.75) is 47.0 Å². The normalized spacial score (nSPS) is 26.5. The Bertz CT molecular complexity index is 163. The van der Waals surface area contributed by atoms with Gasteiger partial charge < -0.3 is 0 Å². The van der Waals surface area contributed by atoms with E-state index in [1.54, 1.807) is 11.1 Å². The molecule has 0 amide bonds. The molecule has 0 heteroatoms. The van der Waals surface area contributed by atoms with Crippen LogP contribution in [0.2, 0.25) is 0 Å². The van der Waals surface area contributed by atoms with Crippen LogP contribution in [-0.2, 0) is 0 Å². The molecular weight excluding hydrogens is 132 g/mol. The van der Waals surface area contributed by atoms with Gasteiger partial charge in [0.05, 0.1) is 0 Å². The molecule has 0 spiro atoms. The summed E-state index contributed by atoms with van der Waals surface area (Å²) < 4.78 is 0. The predicted molar refractivity (Wildman–Crippen MR) is 50.6 cm³/mol. The molecule has 0 saturated carbocycles. The molecule has 1 aliphatic rings. The Morgan fingerprint density at radius 3 is 2.45 bits per heavy atom. The van der Waals surface area contributed by atoms with Crippen molar-refractivity contribution in [1.29, 1.82) is 0 Å². The van der Waals surface area contributed by atoms with Gasteiger partial charge in [-0.05, 0) is 38.0 Å². The van der Waals surface area contributed by atoms with E-state index < -0.39 is 0 Å². The Balaban J connectivity index is 2.71. The summed E-state index contributed by atoms with van der Waals surface area (Å²) in [5.41, 5.74) is 3.39. The lowest BCUT2D eigenvalue weighted by Gasteiger charge is -2.25. The molecule has 1 rings (SSSR count). The third-order valence-corrected chi connectivity index (χ3v) is 2.83. The minimum Gasteiger partial charge on any atom is -0.0738 e. The molecule has 0 radical (unpaired) electrons. The lowest BCUT2D eigenvalue weighted by atomic mass is 9.81. The van der Waals surface area contributed by atoms with Crippen LogP contribution >= 0.6 is 0 Å². The molecule has 0 N–H and O–H groups in total. The highest BCUT2D eigenvalue weighted by molar-refractivity contribution is 5.17. The minimum atomic E-state index is 0.776. The molecular formula is C11H20. The molecule has 0 saturated heterocycles. The fourth-order valence-electron chi connectivity index (χ4n) is 2.00. The van der Waals surface area contributed by atoms with Gasteiger partial charge in [-0.3, -0.25) is 0 Å². The molecule has 0 aliphatic heterocycles. The molecule has 0 nitrogen and oxygen atoms in total. The monoisotopic (exact) mass is 152 g/mol. The molecule has 1 atom stereocenters. The summed E-state index contributed by atoms with van der Waals surface area (Å²) in [6.45, 7) is 9.31. The highest BCUT2D eigenvalue weighted by Gasteiger charge is 2.16. The summed E-state index contributed by atoms with van der Waals surface area (Å²) in [4.78, 5) is 0. The lowest BCUT2D eigenvalue weighted by molar-refractivity contribution is 0.466. The summed E-state index contributed by atoms with van der Waals surface area (Å²) in [5, 5.41) is 0. The first-order chi connectivity index (χ1) is 5.11. The van der Waals surface area contributed by atoms with Crippen molar-refractivity contribution in [3.63, 3.8) is 0 Å². The Kier molecular flexibility index (Phi) is 2.75. The topological polar surface area (TPSA) is 0 Å². The van der Waals surface area contributed by atoms with Gasteiger partial charge in [0.2, 0.25) is 0 Å². The van der Waals surface area contributed by atoms with Crippen LogP contribution in [0, 0.1) is 11.8 Å². The number of hydrogen-bond donors (Lipinski definition) is 0. The minimum absolute atomic E-state index is 0.776. The lowest BCUT2D eigenvalue weighted by Crippen LogP contribution is -2.10. The molecule has 0 aromatic rings. The van der Waals surface area contributed by atoms with Crippen LogP contribution in [0.15, 0.2) is 11.1 Å². The van der Waals surface area contributed by atoms with Gasteiger partial charge in [-0.15, -0.1) is 0 Å². The molecule has 1 aliphatic carbocycles. The molecule has 11 heavy (non-hydrogen) atoms. The van der Waals surface area contributed by atoms with Gasteiger partial charge in [0.15, 0.2) is 0 Å². The SMILES string of the molecule is CC1=C(C(C)C)CC(C)CC1.